The topological polar surface area (TPSA) is 89.8 Å². The minimum absolute atomic E-state index is 0.246. The highest BCUT2D eigenvalue weighted by atomic mass is 16.3. The summed E-state index contributed by atoms with van der Waals surface area (Å²) in [6.45, 7) is 8.41. The molecule has 0 heterocycles. The van der Waals surface area contributed by atoms with E-state index >= 15 is 0 Å². The second-order valence-electron chi connectivity index (χ2n) is 5.13. The van der Waals surface area contributed by atoms with Gasteiger partial charge in [0.25, 0.3) is 0 Å². The number of carbonyl (C=O) groups is 1. The fourth-order valence-corrected chi connectivity index (χ4v) is 0.674. The summed E-state index contributed by atoms with van der Waals surface area (Å²) in [7, 11) is 0. The Bertz CT molecular complexity index is 190. The zero-order valence-electron chi connectivity index (χ0n) is 11.5. The van der Waals surface area contributed by atoms with Crippen molar-refractivity contribution in [3.8, 4) is 0 Å². The van der Waals surface area contributed by atoms with Gasteiger partial charge in [0.2, 0.25) is 5.91 Å². The zero-order valence-corrected chi connectivity index (χ0v) is 11.5. The van der Waals surface area contributed by atoms with Gasteiger partial charge >= 0.3 is 0 Å². The third kappa shape index (κ3) is 9.09. The molecule has 5 heteroatoms. The van der Waals surface area contributed by atoms with Gasteiger partial charge in [-0.15, -0.1) is 0 Å². The Morgan fingerprint density at radius 2 is 1.29 bits per heavy atom. The Kier molecular flexibility index (Phi) is 10.3. The predicted octanol–water partition coefficient (Wildman–Crippen LogP) is 0.137. The number of aliphatic hydroxyl groups excluding tert-OH is 3. The smallest absolute Gasteiger partial charge is 0.223 e. The largest absolute Gasteiger partial charge is 0.394 e. The molecule has 0 saturated carbocycles. The molecule has 0 saturated heterocycles. The average Bonchev–Trinajstić information content (AvgIpc) is 2.25. The van der Waals surface area contributed by atoms with Crippen LogP contribution in [0.2, 0.25) is 0 Å². The lowest BCUT2D eigenvalue weighted by molar-refractivity contribution is -0.128. The second-order valence-corrected chi connectivity index (χ2v) is 5.13. The van der Waals surface area contributed by atoms with Gasteiger partial charge in [-0.2, -0.15) is 0 Å². The molecule has 0 aliphatic rings. The Balaban J connectivity index is 0. The summed E-state index contributed by atoms with van der Waals surface area (Å²) in [4.78, 5) is 11.2. The van der Waals surface area contributed by atoms with Crippen molar-refractivity contribution in [1.29, 1.82) is 0 Å². The van der Waals surface area contributed by atoms with E-state index in [2.05, 4.69) is 26.1 Å². The SMILES string of the molecule is CC(C)C.CC(C)C(=O)NC(CO)(CO)CO. The highest BCUT2D eigenvalue weighted by Crippen LogP contribution is 2.03. The molecule has 0 aliphatic carbocycles. The monoisotopic (exact) mass is 249 g/mol. The molecule has 0 aliphatic heterocycles. The Morgan fingerprint density at radius 3 is 1.47 bits per heavy atom. The minimum Gasteiger partial charge on any atom is -0.394 e. The van der Waals surface area contributed by atoms with Crippen molar-refractivity contribution in [2.24, 2.45) is 11.8 Å². The van der Waals surface area contributed by atoms with E-state index in [4.69, 9.17) is 15.3 Å². The van der Waals surface area contributed by atoms with Crippen molar-refractivity contribution in [2.45, 2.75) is 40.2 Å². The summed E-state index contributed by atoms with van der Waals surface area (Å²) in [6, 6.07) is 0. The molecule has 0 aromatic rings. The quantitative estimate of drug-likeness (QED) is 0.558. The molecule has 17 heavy (non-hydrogen) atoms. The van der Waals surface area contributed by atoms with Crippen LogP contribution in [0.4, 0.5) is 0 Å². The number of rotatable bonds is 5. The van der Waals surface area contributed by atoms with Crippen molar-refractivity contribution in [1.82, 2.24) is 5.32 Å². The zero-order chi connectivity index (χ0) is 14.1. The third-order valence-corrected chi connectivity index (χ3v) is 1.82. The van der Waals surface area contributed by atoms with E-state index in [0.29, 0.717) is 0 Å². The minimum atomic E-state index is -1.30. The van der Waals surface area contributed by atoms with Crippen LogP contribution in [0.1, 0.15) is 34.6 Å². The maximum absolute atomic E-state index is 11.2. The van der Waals surface area contributed by atoms with Gasteiger partial charge in [0.15, 0.2) is 0 Å². The van der Waals surface area contributed by atoms with Gasteiger partial charge in [-0.1, -0.05) is 34.6 Å². The molecular formula is C12H27NO4. The molecule has 0 aromatic carbocycles. The Hall–Kier alpha value is -0.650. The molecule has 1 amide bonds. The molecular weight excluding hydrogens is 222 g/mol. The number of nitrogens with one attached hydrogen (secondary N) is 1. The number of carbonyl (C=O) groups excluding carboxylic acids is 1. The molecule has 0 aromatic heterocycles. The number of aliphatic hydroxyl groups is 3. The average molecular weight is 249 g/mol. The van der Waals surface area contributed by atoms with E-state index in [1.54, 1.807) is 13.8 Å². The summed E-state index contributed by atoms with van der Waals surface area (Å²) < 4.78 is 0. The van der Waals surface area contributed by atoms with Gasteiger partial charge in [0.1, 0.15) is 5.54 Å². The molecule has 0 rings (SSSR count). The van der Waals surface area contributed by atoms with Gasteiger partial charge in [0.05, 0.1) is 19.8 Å². The standard InChI is InChI=1S/C8H17NO4.C4H10/c1-6(2)7(13)9-8(3-10,4-11)5-12;1-4(2)3/h6,10-12H,3-5H2,1-2H3,(H,9,13);4H,1-3H3. The van der Waals surface area contributed by atoms with Crippen molar-refractivity contribution >= 4 is 5.91 Å². The first-order valence-corrected chi connectivity index (χ1v) is 5.89. The van der Waals surface area contributed by atoms with Crippen LogP contribution in [0.5, 0.6) is 0 Å². The maximum atomic E-state index is 11.2. The first-order valence-electron chi connectivity index (χ1n) is 5.89. The third-order valence-electron chi connectivity index (χ3n) is 1.82. The van der Waals surface area contributed by atoms with Crippen LogP contribution in [-0.2, 0) is 4.79 Å². The number of amides is 1. The Labute approximate surface area is 104 Å². The van der Waals surface area contributed by atoms with Crippen LogP contribution in [-0.4, -0.2) is 46.6 Å². The van der Waals surface area contributed by atoms with Gasteiger partial charge in [-0.25, -0.2) is 0 Å². The normalized spacial score (nSPS) is 11.2. The van der Waals surface area contributed by atoms with E-state index in [-0.39, 0.29) is 11.8 Å². The van der Waals surface area contributed by atoms with E-state index in [0.717, 1.165) is 5.92 Å². The summed E-state index contributed by atoms with van der Waals surface area (Å²) in [6.07, 6.45) is 0. The van der Waals surface area contributed by atoms with Crippen LogP contribution in [0.3, 0.4) is 0 Å². The van der Waals surface area contributed by atoms with Crippen LogP contribution < -0.4 is 5.32 Å². The molecule has 0 bridgehead atoms. The van der Waals surface area contributed by atoms with Crippen molar-refractivity contribution in [3.63, 3.8) is 0 Å². The number of hydrogen-bond acceptors (Lipinski definition) is 4. The lowest BCUT2D eigenvalue weighted by Crippen LogP contribution is -2.57. The van der Waals surface area contributed by atoms with Crippen LogP contribution in [0.25, 0.3) is 0 Å². The highest BCUT2D eigenvalue weighted by Gasteiger charge is 2.30. The Morgan fingerprint density at radius 1 is 1.00 bits per heavy atom. The van der Waals surface area contributed by atoms with Gasteiger partial charge in [-0.05, 0) is 5.92 Å². The van der Waals surface area contributed by atoms with Crippen LogP contribution in [0.15, 0.2) is 0 Å². The summed E-state index contributed by atoms with van der Waals surface area (Å²) in [5, 5.41) is 29.0. The first kappa shape index (κ1) is 18.7. The van der Waals surface area contributed by atoms with Crippen LogP contribution in [0, 0.1) is 11.8 Å². The summed E-state index contributed by atoms with van der Waals surface area (Å²) in [5.74, 6) is 0.279. The van der Waals surface area contributed by atoms with Crippen molar-refractivity contribution in [2.75, 3.05) is 19.8 Å². The predicted molar refractivity (Wildman–Crippen MR) is 67.5 cm³/mol. The molecule has 0 atom stereocenters. The molecule has 104 valence electrons. The second kappa shape index (κ2) is 9.39. The molecule has 4 N–H and O–H groups in total. The molecule has 0 spiro atoms. The molecule has 5 nitrogen and oxygen atoms in total. The van der Waals surface area contributed by atoms with E-state index in [9.17, 15) is 4.79 Å². The van der Waals surface area contributed by atoms with Crippen LogP contribution >= 0.6 is 0 Å². The van der Waals surface area contributed by atoms with Crippen molar-refractivity contribution in [3.05, 3.63) is 0 Å². The molecule has 0 radical (unpaired) electrons. The fraction of sp³-hybridized carbons (Fsp3) is 0.917. The fourth-order valence-electron chi connectivity index (χ4n) is 0.674. The van der Waals surface area contributed by atoms with E-state index in [1.807, 2.05) is 0 Å². The van der Waals surface area contributed by atoms with Crippen molar-refractivity contribution < 1.29 is 20.1 Å². The van der Waals surface area contributed by atoms with E-state index < -0.39 is 25.4 Å². The molecule has 0 fully saturated rings. The van der Waals surface area contributed by atoms with E-state index in [1.165, 1.54) is 0 Å². The first-order chi connectivity index (χ1) is 7.74. The maximum Gasteiger partial charge on any atom is 0.223 e. The van der Waals surface area contributed by atoms with Gasteiger partial charge < -0.3 is 20.6 Å². The van der Waals surface area contributed by atoms with Gasteiger partial charge in [0, 0.05) is 5.92 Å². The molecule has 0 unspecified atom stereocenters. The lowest BCUT2D eigenvalue weighted by Gasteiger charge is -2.29. The highest BCUT2D eigenvalue weighted by molar-refractivity contribution is 5.78. The lowest BCUT2D eigenvalue weighted by atomic mass is 10.0. The summed E-state index contributed by atoms with van der Waals surface area (Å²) in [5.41, 5.74) is -1.30. The number of hydrogen-bond donors (Lipinski definition) is 4. The van der Waals surface area contributed by atoms with Gasteiger partial charge in [-0.3, -0.25) is 4.79 Å². The summed E-state index contributed by atoms with van der Waals surface area (Å²) >= 11 is 0.